The van der Waals surface area contributed by atoms with Crippen LogP contribution in [0.1, 0.15) is 30.4 Å². The predicted octanol–water partition coefficient (Wildman–Crippen LogP) is 3.92. The summed E-state index contributed by atoms with van der Waals surface area (Å²) >= 11 is 1.61. The van der Waals surface area contributed by atoms with Crippen molar-refractivity contribution in [2.75, 3.05) is 6.26 Å². The Balaban J connectivity index is 2.05. The van der Waals surface area contributed by atoms with E-state index in [9.17, 15) is 9.59 Å². The monoisotopic (exact) mass is 354 g/mol. The van der Waals surface area contributed by atoms with Crippen molar-refractivity contribution in [1.82, 2.24) is 9.78 Å². The Morgan fingerprint density at radius 1 is 1.08 bits per heavy atom. The Hall–Kier alpha value is -2.60. The van der Waals surface area contributed by atoms with Crippen LogP contribution in [-0.4, -0.2) is 22.0 Å². The molecule has 3 aromatic rings. The minimum Gasteiger partial charge on any atom is -0.422 e. The lowest BCUT2D eigenvalue weighted by Crippen LogP contribution is -2.28. The first-order valence-electron chi connectivity index (χ1n) is 7.89. The number of thioether (sulfide) groups is 1. The van der Waals surface area contributed by atoms with Crippen molar-refractivity contribution in [1.29, 1.82) is 0 Å². The molecule has 1 aromatic heterocycles. The number of hydrogen-bond acceptors (Lipinski definition) is 5. The normalized spacial score (nSPS) is 11.0. The van der Waals surface area contributed by atoms with Crippen LogP contribution in [0.3, 0.4) is 0 Å². The average molecular weight is 354 g/mol. The molecule has 5 nitrogen and oxygen atoms in total. The summed E-state index contributed by atoms with van der Waals surface area (Å²) < 4.78 is 6.77. The summed E-state index contributed by atoms with van der Waals surface area (Å²) in [5.74, 6) is -0.140. The number of nitrogens with zero attached hydrogens (tertiary/aromatic N) is 2. The molecule has 0 radical (unpaired) electrons. The molecule has 0 saturated carbocycles. The van der Waals surface area contributed by atoms with Gasteiger partial charge in [0.25, 0.3) is 5.56 Å². The number of carbonyl (C=O) groups is 1. The number of aromatic nitrogens is 2. The summed E-state index contributed by atoms with van der Waals surface area (Å²) in [6, 6.07) is 14.0. The highest BCUT2D eigenvalue weighted by Gasteiger charge is 2.19. The Bertz CT molecular complexity index is 978. The first-order valence-corrected chi connectivity index (χ1v) is 9.11. The highest BCUT2D eigenvalue weighted by atomic mass is 32.2. The van der Waals surface area contributed by atoms with Crippen LogP contribution in [0.4, 0.5) is 0 Å². The second-order valence-electron chi connectivity index (χ2n) is 5.80. The number of fused-ring (bicyclic) bond motifs is 1. The molecule has 1 heterocycles. The van der Waals surface area contributed by atoms with E-state index in [0.29, 0.717) is 16.5 Å². The summed E-state index contributed by atoms with van der Waals surface area (Å²) in [6.45, 7) is 3.69. The molecule has 0 bridgehead atoms. The molecule has 2 aromatic carbocycles. The van der Waals surface area contributed by atoms with Gasteiger partial charge in [0.05, 0.1) is 11.4 Å². The van der Waals surface area contributed by atoms with Gasteiger partial charge in [-0.1, -0.05) is 18.2 Å². The van der Waals surface area contributed by atoms with Crippen LogP contribution in [0.5, 0.6) is 5.75 Å². The summed E-state index contributed by atoms with van der Waals surface area (Å²) in [5, 5.41) is 5.21. The van der Waals surface area contributed by atoms with Crippen molar-refractivity contribution in [2.24, 2.45) is 0 Å². The molecular weight excluding hydrogens is 336 g/mol. The molecule has 0 aliphatic heterocycles. The van der Waals surface area contributed by atoms with Crippen molar-refractivity contribution in [3.63, 3.8) is 0 Å². The minimum atomic E-state index is -0.581. The summed E-state index contributed by atoms with van der Waals surface area (Å²) in [7, 11) is 0. The summed E-state index contributed by atoms with van der Waals surface area (Å²) in [4.78, 5) is 26.3. The molecule has 3 rings (SSSR count). The molecule has 0 spiro atoms. The van der Waals surface area contributed by atoms with Crippen molar-refractivity contribution in [3.8, 4) is 5.75 Å². The molecule has 128 valence electrons. The first kappa shape index (κ1) is 17.2. The Labute approximate surface area is 149 Å². The second-order valence-corrected chi connectivity index (χ2v) is 6.68. The van der Waals surface area contributed by atoms with E-state index in [-0.39, 0.29) is 17.3 Å². The van der Waals surface area contributed by atoms with E-state index < -0.39 is 5.97 Å². The summed E-state index contributed by atoms with van der Waals surface area (Å²) in [5.41, 5.74) is -0.0793. The maximum atomic E-state index is 12.7. The van der Waals surface area contributed by atoms with Crippen LogP contribution in [0.2, 0.25) is 0 Å². The standard InChI is InChI=1S/C19H18N2O3S/c1-12(2)21-18(22)16-7-5-4-6-15(16)17(20-21)19(23)24-13-8-10-14(25-3)11-9-13/h4-12H,1-3H3. The number of ether oxygens (including phenoxy) is 1. The number of esters is 1. The van der Waals surface area contributed by atoms with Gasteiger partial charge in [-0.25, -0.2) is 9.48 Å². The van der Waals surface area contributed by atoms with Gasteiger partial charge in [0.15, 0.2) is 5.69 Å². The number of hydrogen-bond donors (Lipinski definition) is 0. The second kappa shape index (κ2) is 7.11. The van der Waals surface area contributed by atoms with Gasteiger partial charge in [-0.15, -0.1) is 11.8 Å². The third-order valence-corrected chi connectivity index (χ3v) is 4.52. The number of rotatable bonds is 4. The van der Waals surface area contributed by atoms with E-state index in [0.717, 1.165) is 4.90 Å². The molecule has 0 fully saturated rings. The molecule has 0 N–H and O–H groups in total. The number of benzene rings is 2. The van der Waals surface area contributed by atoms with Crippen molar-refractivity contribution in [3.05, 3.63) is 64.6 Å². The lowest BCUT2D eigenvalue weighted by molar-refractivity contribution is 0.0727. The SMILES string of the molecule is CSc1ccc(OC(=O)c2nn(C(C)C)c(=O)c3ccccc23)cc1. The van der Waals surface area contributed by atoms with Crippen LogP contribution >= 0.6 is 11.8 Å². The van der Waals surface area contributed by atoms with E-state index in [1.807, 2.05) is 32.2 Å². The van der Waals surface area contributed by atoms with Gasteiger partial charge in [0.1, 0.15) is 5.75 Å². The molecule has 0 atom stereocenters. The van der Waals surface area contributed by atoms with E-state index in [2.05, 4.69) is 5.10 Å². The Morgan fingerprint density at radius 3 is 2.32 bits per heavy atom. The Kier molecular flexibility index (Phi) is 4.90. The van der Waals surface area contributed by atoms with Gasteiger partial charge in [0, 0.05) is 10.3 Å². The molecule has 0 saturated heterocycles. The van der Waals surface area contributed by atoms with Crippen molar-refractivity contribution in [2.45, 2.75) is 24.8 Å². The fourth-order valence-electron chi connectivity index (χ4n) is 2.51. The molecule has 25 heavy (non-hydrogen) atoms. The zero-order valence-electron chi connectivity index (χ0n) is 14.2. The average Bonchev–Trinajstić information content (AvgIpc) is 2.62. The quantitative estimate of drug-likeness (QED) is 0.404. The third kappa shape index (κ3) is 3.44. The topological polar surface area (TPSA) is 61.2 Å². The van der Waals surface area contributed by atoms with Crippen molar-refractivity contribution < 1.29 is 9.53 Å². The molecule has 0 aliphatic rings. The van der Waals surface area contributed by atoms with Gasteiger partial charge in [-0.3, -0.25) is 4.79 Å². The fourth-order valence-corrected chi connectivity index (χ4v) is 2.91. The van der Waals surface area contributed by atoms with E-state index in [1.165, 1.54) is 4.68 Å². The number of carbonyl (C=O) groups excluding carboxylic acids is 1. The van der Waals surface area contributed by atoms with Crippen molar-refractivity contribution >= 4 is 28.5 Å². The van der Waals surface area contributed by atoms with Crippen LogP contribution in [-0.2, 0) is 0 Å². The molecule has 0 amide bonds. The highest BCUT2D eigenvalue weighted by Crippen LogP contribution is 2.21. The van der Waals surface area contributed by atoms with E-state index >= 15 is 0 Å². The summed E-state index contributed by atoms with van der Waals surface area (Å²) in [6.07, 6.45) is 1.98. The predicted molar refractivity (Wildman–Crippen MR) is 99.6 cm³/mol. The van der Waals surface area contributed by atoms with E-state index in [4.69, 9.17) is 4.74 Å². The van der Waals surface area contributed by atoms with Crippen LogP contribution < -0.4 is 10.3 Å². The fraction of sp³-hybridized carbons (Fsp3) is 0.211. The van der Waals surface area contributed by atoms with Crippen LogP contribution in [0.25, 0.3) is 10.8 Å². The largest absolute Gasteiger partial charge is 0.422 e. The maximum Gasteiger partial charge on any atom is 0.364 e. The lowest BCUT2D eigenvalue weighted by Gasteiger charge is -2.13. The minimum absolute atomic E-state index is 0.137. The maximum absolute atomic E-state index is 12.7. The van der Waals surface area contributed by atoms with Gasteiger partial charge in [0.2, 0.25) is 0 Å². The molecule has 0 aliphatic carbocycles. The van der Waals surface area contributed by atoms with Crippen LogP contribution in [0, 0.1) is 0 Å². The van der Waals surface area contributed by atoms with Crippen LogP contribution in [0.15, 0.2) is 58.2 Å². The highest BCUT2D eigenvalue weighted by molar-refractivity contribution is 7.98. The van der Waals surface area contributed by atoms with Gasteiger partial charge in [-0.05, 0) is 50.4 Å². The molecule has 6 heteroatoms. The van der Waals surface area contributed by atoms with Gasteiger partial charge >= 0.3 is 5.97 Å². The molecular formula is C19H18N2O3S. The van der Waals surface area contributed by atoms with E-state index in [1.54, 1.807) is 48.2 Å². The zero-order valence-corrected chi connectivity index (χ0v) is 15.0. The smallest absolute Gasteiger partial charge is 0.364 e. The first-order chi connectivity index (χ1) is 12.0. The zero-order chi connectivity index (χ0) is 18.0. The Morgan fingerprint density at radius 2 is 1.72 bits per heavy atom. The molecule has 0 unspecified atom stereocenters. The van der Waals surface area contributed by atoms with Gasteiger partial charge in [-0.2, -0.15) is 5.10 Å². The van der Waals surface area contributed by atoms with Gasteiger partial charge < -0.3 is 4.74 Å². The lowest BCUT2D eigenvalue weighted by atomic mass is 10.1. The third-order valence-electron chi connectivity index (χ3n) is 3.78.